The summed E-state index contributed by atoms with van der Waals surface area (Å²) in [6.45, 7) is 23.9. The van der Waals surface area contributed by atoms with E-state index in [-0.39, 0.29) is 11.7 Å². The van der Waals surface area contributed by atoms with Crippen molar-refractivity contribution in [1.29, 1.82) is 0 Å². The Morgan fingerprint density at radius 1 is 1.11 bits per heavy atom. The average Bonchev–Trinajstić information content (AvgIpc) is 2.91. The normalized spacial score (nSPS) is 20.1. The molecule has 2 unspecified atom stereocenters. The largest absolute Gasteiger partial charge is 0.433 e. The van der Waals surface area contributed by atoms with Gasteiger partial charge in [-0.3, -0.25) is 4.90 Å². The van der Waals surface area contributed by atoms with E-state index in [0.29, 0.717) is 18.9 Å². The van der Waals surface area contributed by atoms with E-state index in [0.717, 1.165) is 51.0 Å². The van der Waals surface area contributed by atoms with E-state index in [1.54, 1.807) is 12.1 Å². The molecule has 38 heavy (non-hydrogen) atoms. The van der Waals surface area contributed by atoms with Crippen LogP contribution in [0, 0.1) is 18.8 Å². The molecule has 0 amide bonds. The Balaban J connectivity index is 0.000000723. The van der Waals surface area contributed by atoms with E-state index >= 15 is 0 Å². The number of carbonyl (C=O) groups is 1. The molecule has 0 bridgehead atoms. The van der Waals surface area contributed by atoms with Crippen LogP contribution in [0.25, 0.3) is 0 Å². The molecule has 0 spiro atoms. The molecule has 0 aliphatic carbocycles. The van der Waals surface area contributed by atoms with Gasteiger partial charge < -0.3 is 14.4 Å². The van der Waals surface area contributed by atoms with Crippen LogP contribution in [0.4, 0.5) is 8.78 Å². The molecule has 2 saturated heterocycles. The number of aldehydes is 1. The first-order valence-corrected chi connectivity index (χ1v) is 14.5. The first kappa shape index (κ1) is 35.8. The summed E-state index contributed by atoms with van der Waals surface area (Å²) in [4.78, 5) is 16.2. The van der Waals surface area contributed by atoms with Gasteiger partial charge in [0.05, 0.1) is 0 Å². The number of nitrogens with zero attached hydrogens (tertiary/aromatic N) is 2. The number of hydrogen-bond donors (Lipinski definition) is 0. The molecule has 2 aliphatic heterocycles. The van der Waals surface area contributed by atoms with Gasteiger partial charge in [0.25, 0.3) is 0 Å². The third-order valence-electron chi connectivity index (χ3n) is 6.54. The van der Waals surface area contributed by atoms with Crippen LogP contribution in [0.15, 0.2) is 47.7 Å². The smallest absolute Gasteiger partial charge is 0.394 e. The Morgan fingerprint density at radius 3 is 2.21 bits per heavy atom. The summed E-state index contributed by atoms with van der Waals surface area (Å²) in [6, 6.07) is 7.03. The Kier molecular flexibility index (Phi) is 17.8. The molecule has 0 radical (unpaired) electrons. The number of piperidine rings is 1. The lowest BCUT2D eigenvalue weighted by atomic mass is 9.90. The maximum Gasteiger partial charge on any atom is 0.394 e. The van der Waals surface area contributed by atoms with Crippen LogP contribution in [0.5, 0.6) is 5.75 Å². The molecule has 2 fully saturated rings. The van der Waals surface area contributed by atoms with Gasteiger partial charge in [-0.1, -0.05) is 77.8 Å². The number of allylic oxidation sites excluding steroid dienone is 3. The number of benzene rings is 1. The minimum absolute atomic E-state index is 0.188. The molecule has 1 aromatic carbocycles. The number of hydrogen-bond acceptors (Lipinski definition) is 4. The van der Waals surface area contributed by atoms with Crippen molar-refractivity contribution in [2.75, 3.05) is 26.2 Å². The van der Waals surface area contributed by atoms with E-state index in [2.05, 4.69) is 54.4 Å². The number of ether oxygens (including phenoxy) is 1. The lowest BCUT2D eigenvalue weighted by molar-refractivity contribution is -0.158. The van der Waals surface area contributed by atoms with Crippen LogP contribution in [0.2, 0.25) is 0 Å². The predicted octanol–water partition coefficient (Wildman–Crippen LogP) is 8.52. The van der Waals surface area contributed by atoms with Crippen molar-refractivity contribution >= 4 is 6.29 Å². The van der Waals surface area contributed by atoms with Gasteiger partial charge in [-0.2, -0.15) is 8.78 Å². The summed E-state index contributed by atoms with van der Waals surface area (Å²) < 4.78 is 28.9. The maximum atomic E-state index is 12.3. The number of halogens is 2. The topological polar surface area (TPSA) is 32.8 Å². The minimum Gasteiger partial charge on any atom is -0.433 e. The molecule has 0 N–H and O–H groups in total. The number of rotatable bonds is 7. The second-order valence-electron chi connectivity index (χ2n) is 9.86. The lowest BCUT2D eigenvalue weighted by Gasteiger charge is -2.46. The highest BCUT2D eigenvalue weighted by Crippen LogP contribution is 2.27. The Hall–Kier alpha value is -2.21. The first-order chi connectivity index (χ1) is 18.0. The number of alkyl halides is 2. The quantitative estimate of drug-likeness (QED) is 0.258. The van der Waals surface area contributed by atoms with Crippen LogP contribution in [-0.4, -0.2) is 54.4 Å². The van der Waals surface area contributed by atoms with Gasteiger partial charge in [-0.15, -0.1) is 0 Å². The predicted molar refractivity (Wildman–Crippen MR) is 158 cm³/mol. The van der Waals surface area contributed by atoms with E-state index in [1.165, 1.54) is 29.7 Å². The van der Waals surface area contributed by atoms with Crippen molar-refractivity contribution in [3.8, 4) is 5.75 Å². The van der Waals surface area contributed by atoms with Gasteiger partial charge in [-0.05, 0) is 63.8 Å². The number of carbonyl (C=O) groups excluding carboxylic acids is 1. The van der Waals surface area contributed by atoms with Crippen molar-refractivity contribution < 1.29 is 18.3 Å². The van der Waals surface area contributed by atoms with Crippen LogP contribution < -0.4 is 4.74 Å². The van der Waals surface area contributed by atoms with Crippen molar-refractivity contribution in [2.45, 2.75) is 101 Å². The molecule has 1 aromatic rings. The summed E-state index contributed by atoms with van der Waals surface area (Å²) in [6.07, 6.45) is 5.93. The van der Waals surface area contributed by atoms with Crippen molar-refractivity contribution in [1.82, 2.24) is 9.80 Å². The van der Waals surface area contributed by atoms with Gasteiger partial charge in [0, 0.05) is 44.2 Å². The van der Waals surface area contributed by atoms with Crippen LogP contribution in [0.1, 0.15) is 87.1 Å². The van der Waals surface area contributed by atoms with Crippen LogP contribution in [-0.2, 0) is 4.79 Å². The van der Waals surface area contributed by atoms with Gasteiger partial charge in [0.2, 0.25) is 0 Å². The molecule has 0 saturated carbocycles. The molecule has 6 heteroatoms. The second kappa shape index (κ2) is 18.9. The van der Waals surface area contributed by atoms with E-state index in [1.807, 2.05) is 34.6 Å². The summed E-state index contributed by atoms with van der Waals surface area (Å²) >= 11 is 0. The van der Waals surface area contributed by atoms with Crippen LogP contribution >= 0.6 is 0 Å². The van der Waals surface area contributed by atoms with Crippen molar-refractivity contribution in [3.63, 3.8) is 0 Å². The highest BCUT2D eigenvalue weighted by atomic mass is 19.3. The van der Waals surface area contributed by atoms with Crippen molar-refractivity contribution in [3.05, 3.63) is 53.3 Å². The zero-order chi connectivity index (χ0) is 29.3. The fourth-order valence-electron chi connectivity index (χ4n) is 4.27. The second-order valence-corrected chi connectivity index (χ2v) is 9.86. The molecular formula is C32H54F2N2O2. The number of piperazine rings is 1. The van der Waals surface area contributed by atoms with E-state index in [9.17, 15) is 13.6 Å². The highest BCUT2D eigenvalue weighted by molar-refractivity contribution is 5.53. The third kappa shape index (κ3) is 13.5. The molecule has 0 aromatic heterocycles. The Bertz CT molecular complexity index is 829. The van der Waals surface area contributed by atoms with Crippen molar-refractivity contribution in [2.24, 2.45) is 11.8 Å². The first-order valence-electron chi connectivity index (χ1n) is 14.5. The number of aryl methyl sites for hydroxylation is 1. The van der Waals surface area contributed by atoms with Gasteiger partial charge in [-0.25, -0.2) is 0 Å². The molecule has 2 atom stereocenters. The fraction of sp³-hybridized carbons (Fsp3) is 0.656. The zero-order valence-electron chi connectivity index (χ0n) is 25.7. The molecule has 3 rings (SSSR count). The lowest BCUT2D eigenvalue weighted by Crippen LogP contribution is -2.55. The average molecular weight is 537 g/mol. The Morgan fingerprint density at radius 2 is 1.71 bits per heavy atom. The van der Waals surface area contributed by atoms with Crippen LogP contribution in [0.3, 0.4) is 0 Å². The summed E-state index contributed by atoms with van der Waals surface area (Å²) in [5.74, 6) is 1.05. The SMILES string of the molecule is CC.CC.CCC=C(/C=C(/C)C(C)C)N1CCN2CCC(C=O)CC2C1.Cc1ccc(OC(C)(F)F)cc1. The highest BCUT2D eigenvalue weighted by Gasteiger charge is 2.33. The van der Waals surface area contributed by atoms with E-state index in [4.69, 9.17) is 0 Å². The monoisotopic (exact) mass is 536 g/mol. The molecule has 2 aliphatic rings. The fourth-order valence-corrected chi connectivity index (χ4v) is 4.27. The minimum atomic E-state index is -3.10. The zero-order valence-corrected chi connectivity index (χ0v) is 25.7. The molecule has 4 nitrogen and oxygen atoms in total. The molecule has 2 heterocycles. The summed E-state index contributed by atoms with van der Waals surface area (Å²) in [7, 11) is 0. The summed E-state index contributed by atoms with van der Waals surface area (Å²) in [5.41, 5.74) is 3.83. The number of fused-ring (bicyclic) bond motifs is 1. The summed E-state index contributed by atoms with van der Waals surface area (Å²) in [5, 5.41) is 0. The van der Waals surface area contributed by atoms with E-state index < -0.39 is 6.11 Å². The van der Waals surface area contributed by atoms with Gasteiger partial charge in [0.15, 0.2) is 0 Å². The standard InChI is InChI=1S/C19H32N2O.C9H10F2O.2C2H6/c1-5-6-18(11-16(4)15(2)3)21-10-9-20-8-7-17(14-22)12-19(20)13-21;1-7-3-5-8(6-4-7)12-9(2,10)11;2*1-2/h6,11,14-15,17,19H,5,7-10,12-13H2,1-4H3;3-6H,1-2H3;2*1-2H3/b16-11-,18-6?;;;. The third-order valence-corrected chi connectivity index (χ3v) is 6.54. The Labute approximate surface area is 232 Å². The maximum absolute atomic E-state index is 12.3. The van der Waals surface area contributed by atoms with Gasteiger partial charge >= 0.3 is 6.11 Å². The van der Waals surface area contributed by atoms with Gasteiger partial charge in [0.1, 0.15) is 12.0 Å². The molecule has 218 valence electrons. The molecular weight excluding hydrogens is 482 g/mol.